The molecule has 5 heteroatoms. The zero-order valence-electron chi connectivity index (χ0n) is 15.4. The molecule has 0 aliphatic carbocycles. The number of nitrogens with one attached hydrogen (secondary N) is 1. The largest absolute Gasteiger partial charge is 0.497 e. The normalized spacial score (nSPS) is 12.6. The van der Waals surface area contributed by atoms with Crippen LogP contribution in [0, 0.1) is 0 Å². The fourth-order valence-electron chi connectivity index (χ4n) is 3.41. The molecule has 134 valence electrons. The molecule has 0 bridgehead atoms. The topological polar surface area (TPSA) is 48.3 Å². The van der Waals surface area contributed by atoms with Crippen LogP contribution < -0.4 is 14.8 Å². The molecule has 1 N–H and O–H groups in total. The lowest BCUT2D eigenvalue weighted by Gasteiger charge is -2.08. The van der Waals surface area contributed by atoms with Gasteiger partial charge in [0.05, 0.1) is 25.6 Å². The summed E-state index contributed by atoms with van der Waals surface area (Å²) in [6.45, 7) is 3.09. The van der Waals surface area contributed by atoms with Crippen LogP contribution in [0.5, 0.6) is 11.5 Å². The molecule has 5 nitrogen and oxygen atoms in total. The molecule has 2 heterocycles. The number of methoxy groups -OCH3 is 2. The molecule has 0 saturated heterocycles. The average molecular weight is 349 g/mol. The van der Waals surface area contributed by atoms with E-state index in [2.05, 4.69) is 36.5 Å². The molecule has 0 spiro atoms. The predicted octanol–water partition coefficient (Wildman–Crippen LogP) is 4.09. The van der Waals surface area contributed by atoms with Gasteiger partial charge < -0.3 is 14.8 Å². The first-order valence-corrected chi connectivity index (χ1v) is 8.92. The number of benzene rings is 2. The van der Waals surface area contributed by atoms with Crippen molar-refractivity contribution >= 4 is 5.82 Å². The summed E-state index contributed by atoms with van der Waals surface area (Å²) in [6, 6.07) is 14.5. The van der Waals surface area contributed by atoms with Gasteiger partial charge in [0.15, 0.2) is 0 Å². The smallest absolute Gasteiger partial charge is 0.133 e. The summed E-state index contributed by atoms with van der Waals surface area (Å²) >= 11 is 0. The summed E-state index contributed by atoms with van der Waals surface area (Å²) in [4.78, 5) is 0. The van der Waals surface area contributed by atoms with E-state index in [1.54, 1.807) is 14.2 Å². The second kappa shape index (κ2) is 6.75. The predicted molar refractivity (Wildman–Crippen MR) is 104 cm³/mol. The van der Waals surface area contributed by atoms with Crippen LogP contribution in [-0.2, 0) is 12.8 Å². The number of nitrogens with zero attached hydrogens (tertiary/aromatic N) is 2. The minimum Gasteiger partial charge on any atom is -0.497 e. The van der Waals surface area contributed by atoms with Crippen molar-refractivity contribution in [1.29, 1.82) is 0 Å². The highest BCUT2D eigenvalue weighted by molar-refractivity contribution is 5.74. The monoisotopic (exact) mass is 349 g/mol. The van der Waals surface area contributed by atoms with E-state index in [0.29, 0.717) is 0 Å². The van der Waals surface area contributed by atoms with Crippen LogP contribution in [0.2, 0.25) is 0 Å². The number of aryl methyl sites for hydroxylation is 1. The molecular formula is C21H23N3O2. The lowest BCUT2D eigenvalue weighted by molar-refractivity contribution is 0.394. The molecule has 1 aliphatic rings. The summed E-state index contributed by atoms with van der Waals surface area (Å²) < 4.78 is 12.9. The van der Waals surface area contributed by atoms with Crippen molar-refractivity contribution in [3.8, 4) is 28.4 Å². The van der Waals surface area contributed by atoms with Gasteiger partial charge in [0.2, 0.25) is 0 Å². The Balaban J connectivity index is 1.83. The molecular weight excluding hydrogens is 326 g/mol. The summed E-state index contributed by atoms with van der Waals surface area (Å²) in [5.74, 6) is 2.60. The second-order valence-corrected chi connectivity index (χ2v) is 6.39. The van der Waals surface area contributed by atoms with Gasteiger partial charge in [-0.15, -0.1) is 0 Å². The molecule has 1 aromatic heterocycles. The molecule has 0 fully saturated rings. The molecule has 3 aromatic rings. The maximum atomic E-state index is 5.42. The zero-order valence-corrected chi connectivity index (χ0v) is 15.4. The SMILES string of the molecule is CCc1ccc(-n2nc(-c3cc(OC)cc(OC)c3)c3c2NCC3)cc1. The standard InChI is InChI=1S/C21H23N3O2/c1-4-14-5-7-16(8-6-14)24-21-19(9-10-22-21)20(23-24)15-11-17(25-2)13-18(12-15)26-3/h5-8,11-13,22H,4,9-10H2,1-3H3. The average Bonchev–Trinajstić information content (AvgIpc) is 3.30. The Bertz CT molecular complexity index is 907. The Morgan fingerprint density at radius 3 is 2.35 bits per heavy atom. The minimum atomic E-state index is 0.765. The molecule has 4 rings (SSSR count). The van der Waals surface area contributed by atoms with Gasteiger partial charge in [0.25, 0.3) is 0 Å². The third kappa shape index (κ3) is 2.79. The fourth-order valence-corrected chi connectivity index (χ4v) is 3.41. The zero-order chi connectivity index (χ0) is 18.1. The van der Waals surface area contributed by atoms with Crippen molar-refractivity contribution in [2.45, 2.75) is 19.8 Å². The fraction of sp³-hybridized carbons (Fsp3) is 0.286. The number of rotatable bonds is 5. The van der Waals surface area contributed by atoms with Gasteiger partial charge >= 0.3 is 0 Å². The number of hydrogen-bond acceptors (Lipinski definition) is 4. The van der Waals surface area contributed by atoms with Gasteiger partial charge in [0.1, 0.15) is 17.3 Å². The van der Waals surface area contributed by atoms with E-state index in [-0.39, 0.29) is 0 Å². The van der Waals surface area contributed by atoms with Crippen molar-refractivity contribution in [2.24, 2.45) is 0 Å². The number of ether oxygens (including phenoxy) is 2. The Morgan fingerprint density at radius 2 is 1.73 bits per heavy atom. The Kier molecular flexibility index (Phi) is 4.29. The highest BCUT2D eigenvalue weighted by atomic mass is 16.5. The van der Waals surface area contributed by atoms with Crippen molar-refractivity contribution in [2.75, 3.05) is 26.1 Å². The molecule has 0 atom stereocenters. The number of aromatic nitrogens is 2. The van der Waals surface area contributed by atoms with Gasteiger partial charge in [-0.05, 0) is 42.7 Å². The van der Waals surface area contributed by atoms with E-state index in [4.69, 9.17) is 14.6 Å². The van der Waals surface area contributed by atoms with E-state index in [9.17, 15) is 0 Å². The van der Waals surface area contributed by atoms with Gasteiger partial charge in [-0.3, -0.25) is 0 Å². The van der Waals surface area contributed by atoms with Crippen molar-refractivity contribution in [3.63, 3.8) is 0 Å². The maximum Gasteiger partial charge on any atom is 0.133 e. The lowest BCUT2D eigenvalue weighted by atomic mass is 10.1. The maximum absolute atomic E-state index is 5.42. The third-order valence-electron chi connectivity index (χ3n) is 4.86. The quantitative estimate of drug-likeness (QED) is 0.754. The molecule has 1 aliphatic heterocycles. The first kappa shape index (κ1) is 16.5. The van der Waals surface area contributed by atoms with Crippen LogP contribution in [0.4, 0.5) is 5.82 Å². The third-order valence-corrected chi connectivity index (χ3v) is 4.86. The van der Waals surface area contributed by atoms with Crippen LogP contribution in [0.25, 0.3) is 16.9 Å². The van der Waals surface area contributed by atoms with E-state index < -0.39 is 0 Å². The summed E-state index contributed by atoms with van der Waals surface area (Å²) in [7, 11) is 3.33. The van der Waals surface area contributed by atoms with Crippen molar-refractivity contribution in [1.82, 2.24) is 9.78 Å². The second-order valence-electron chi connectivity index (χ2n) is 6.39. The van der Waals surface area contributed by atoms with E-state index in [0.717, 1.165) is 53.6 Å². The van der Waals surface area contributed by atoms with Crippen LogP contribution >= 0.6 is 0 Å². The van der Waals surface area contributed by atoms with Crippen LogP contribution in [0.1, 0.15) is 18.1 Å². The Hall–Kier alpha value is -2.95. The van der Waals surface area contributed by atoms with Gasteiger partial charge in [-0.25, -0.2) is 4.68 Å². The van der Waals surface area contributed by atoms with Crippen molar-refractivity contribution in [3.05, 3.63) is 53.6 Å². The Morgan fingerprint density at radius 1 is 1.04 bits per heavy atom. The molecule has 0 amide bonds. The van der Waals surface area contributed by atoms with Crippen LogP contribution in [-0.4, -0.2) is 30.5 Å². The van der Waals surface area contributed by atoms with Crippen molar-refractivity contribution < 1.29 is 9.47 Å². The molecule has 26 heavy (non-hydrogen) atoms. The van der Waals surface area contributed by atoms with Gasteiger partial charge in [-0.2, -0.15) is 5.10 Å². The van der Waals surface area contributed by atoms with E-state index >= 15 is 0 Å². The van der Waals surface area contributed by atoms with Crippen LogP contribution in [0.15, 0.2) is 42.5 Å². The highest BCUT2D eigenvalue weighted by Gasteiger charge is 2.24. The first-order chi connectivity index (χ1) is 12.7. The molecule has 0 unspecified atom stereocenters. The summed E-state index contributed by atoms with van der Waals surface area (Å²) in [5.41, 5.74) is 5.60. The summed E-state index contributed by atoms with van der Waals surface area (Å²) in [6.07, 6.45) is 1.99. The molecule has 0 radical (unpaired) electrons. The van der Waals surface area contributed by atoms with Gasteiger partial charge in [0, 0.05) is 23.7 Å². The van der Waals surface area contributed by atoms with Crippen LogP contribution in [0.3, 0.4) is 0 Å². The lowest BCUT2D eigenvalue weighted by Crippen LogP contribution is -2.04. The van der Waals surface area contributed by atoms with E-state index in [1.807, 2.05) is 22.9 Å². The highest BCUT2D eigenvalue weighted by Crippen LogP contribution is 2.37. The van der Waals surface area contributed by atoms with E-state index in [1.165, 1.54) is 11.1 Å². The number of hydrogen-bond donors (Lipinski definition) is 1. The summed E-state index contributed by atoms with van der Waals surface area (Å²) in [5, 5.41) is 8.40. The first-order valence-electron chi connectivity index (χ1n) is 8.92. The number of anilines is 1. The molecule has 2 aromatic carbocycles. The molecule has 0 saturated carbocycles. The van der Waals surface area contributed by atoms with Gasteiger partial charge in [-0.1, -0.05) is 19.1 Å². The number of fused-ring (bicyclic) bond motifs is 1. The minimum absolute atomic E-state index is 0.765. The Labute approximate surface area is 153 Å².